The molecule has 0 unspecified atom stereocenters. The van der Waals surface area contributed by atoms with Gasteiger partial charge in [-0.3, -0.25) is 9.59 Å². The van der Waals surface area contributed by atoms with Gasteiger partial charge in [-0.05, 0) is 46.5 Å². The van der Waals surface area contributed by atoms with Crippen LogP contribution in [0.3, 0.4) is 0 Å². The maximum Gasteiger partial charge on any atom is 0.251 e. The molecule has 2 heterocycles. The summed E-state index contributed by atoms with van der Waals surface area (Å²) in [6.45, 7) is 2.79. The zero-order valence-electron chi connectivity index (χ0n) is 13.3. The fraction of sp³-hybridized carbons (Fsp3) is 0.529. The smallest absolute Gasteiger partial charge is 0.251 e. The van der Waals surface area contributed by atoms with Crippen LogP contribution in [-0.4, -0.2) is 60.5 Å². The van der Waals surface area contributed by atoms with Crippen LogP contribution in [0.2, 0.25) is 0 Å². The third kappa shape index (κ3) is 3.95. The molecule has 3 rings (SSSR count). The van der Waals surface area contributed by atoms with Gasteiger partial charge in [0.05, 0.1) is 10.9 Å². The molecular formula is C17H20BrFN2O3. The molecule has 0 saturated carbocycles. The number of benzene rings is 1. The Kier molecular flexibility index (Phi) is 5.50. The van der Waals surface area contributed by atoms with Gasteiger partial charge in [0.25, 0.3) is 5.91 Å². The highest BCUT2D eigenvalue weighted by Crippen LogP contribution is 2.19. The summed E-state index contributed by atoms with van der Waals surface area (Å²) in [6, 6.07) is 4.60. The van der Waals surface area contributed by atoms with Crippen LogP contribution in [0.4, 0.5) is 4.39 Å². The number of hydrogen-bond acceptors (Lipinski definition) is 3. The van der Waals surface area contributed by atoms with Gasteiger partial charge in [0, 0.05) is 32.8 Å². The maximum atomic E-state index is 13.2. The average Bonchev–Trinajstić information content (AvgIpc) is 3.12. The summed E-state index contributed by atoms with van der Waals surface area (Å²) in [4.78, 5) is 28.2. The Bertz CT molecular complexity index is 626. The van der Waals surface area contributed by atoms with Gasteiger partial charge in [-0.1, -0.05) is 6.07 Å². The number of carbonyl (C=O) groups is 2. The SMILES string of the molecule is O=C(Cc1ccc(F)c(Br)c1)N1CCN(C(=O)[C@H]2CCCO2)CC1. The van der Waals surface area contributed by atoms with Crippen molar-refractivity contribution in [2.45, 2.75) is 25.4 Å². The molecule has 0 aliphatic carbocycles. The van der Waals surface area contributed by atoms with Crippen molar-refractivity contribution < 1.29 is 18.7 Å². The molecule has 0 radical (unpaired) electrons. The highest BCUT2D eigenvalue weighted by Gasteiger charge is 2.31. The zero-order chi connectivity index (χ0) is 17.1. The van der Waals surface area contributed by atoms with Crippen molar-refractivity contribution in [1.82, 2.24) is 9.80 Å². The van der Waals surface area contributed by atoms with Crippen LogP contribution in [0.5, 0.6) is 0 Å². The van der Waals surface area contributed by atoms with Crippen LogP contribution in [0, 0.1) is 5.82 Å². The van der Waals surface area contributed by atoms with Crippen LogP contribution >= 0.6 is 15.9 Å². The number of ether oxygens (including phenoxy) is 1. The topological polar surface area (TPSA) is 49.9 Å². The van der Waals surface area contributed by atoms with Gasteiger partial charge in [0.2, 0.25) is 5.91 Å². The lowest BCUT2D eigenvalue weighted by molar-refractivity contribution is -0.145. The van der Waals surface area contributed by atoms with Crippen LogP contribution in [0.15, 0.2) is 22.7 Å². The maximum absolute atomic E-state index is 13.2. The lowest BCUT2D eigenvalue weighted by atomic mass is 10.1. The first-order valence-electron chi connectivity index (χ1n) is 8.16. The Labute approximate surface area is 148 Å². The number of piperazine rings is 1. The Hall–Kier alpha value is -1.47. The minimum absolute atomic E-state index is 0.00211. The molecule has 0 N–H and O–H groups in total. The van der Waals surface area contributed by atoms with Crippen molar-refractivity contribution in [2.75, 3.05) is 32.8 Å². The summed E-state index contributed by atoms with van der Waals surface area (Å²) in [6.07, 6.45) is 1.65. The van der Waals surface area contributed by atoms with Crippen molar-refractivity contribution >= 4 is 27.7 Å². The second kappa shape index (κ2) is 7.61. The van der Waals surface area contributed by atoms with E-state index in [4.69, 9.17) is 4.74 Å². The van der Waals surface area contributed by atoms with Crippen LogP contribution in [-0.2, 0) is 20.7 Å². The van der Waals surface area contributed by atoms with Crippen molar-refractivity contribution in [3.8, 4) is 0 Å². The van der Waals surface area contributed by atoms with Gasteiger partial charge in [0.15, 0.2) is 0 Å². The molecule has 1 atom stereocenters. The third-order valence-corrected chi connectivity index (χ3v) is 5.10. The Morgan fingerprint density at radius 2 is 1.92 bits per heavy atom. The molecule has 1 aromatic rings. The average molecular weight is 399 g/mol. The minimum atomic E-state index is -0.340. The molecule has 2 aliphatic rings. The summed E-state index contributed by atoms with van der Waals surface area (Å²) in [5, 5.41) is 0. The first kappa shape index (κ1) is 17.4. The molecule has 0 bridgehead atoms. The minimum Gasteiger partial charge on any atom is -0.368 e. The molecule has 1 aromatic carbocycles. The molecular weight excluding hydrogens is 379 g/mol. The Morgan fingerprint density at radius 3 is 2.54 bits per heavy atom. The number of amides is 2. The summed E-state index contributed by atoms with van der Waals surface area (Å²) in [7, 11) is 0. The fourth-order valence-electron chi connectivity index (χ4n) is 3.09. The molecule has 2 fully saturated rings. The predicted octanol–water partition coefficient (Wildman–Crippen LogP) is 1.98. The van der Waals surface area contributed by atoms with E-state index < -0.39 is 0 Å². The van der Waals surface area contributed by atoms with E-state index in [0.29, 0.717) is 37.3 Å². The highest BCUT2D eigenvalue weighted by molar-refractivity contribution is 9.10. The molecule has 2 aliphatic heterocycles. The first-order chi connectivity index (χ1) is 11.5. The van der Waals surface area contributed by atoms with Gasteiger partial charge in [-0.2, -0.15) is 0 Å². The second-order valence-electron chi connectivity index (χ2n) is 6.13. The summed E-state index contributed by atoms with van der Waals surface area (Å²) >= 11 is 3.13. The van der Waals surface area contributed by atoms with E-state index in [-0.39, 0.29) is 30.2 Å². The van der Waals surface area contributed by atoms with Gasteiger partial charge in [0.1, 0.15) is 11.9 Å². The quantitative estimate of drug-likeness (QED) is 0.781. The van der Waals surface area contributed by atoms with Crippen molar-refractivity contribution in [3.63, 3.8) is 0 Å². The normalized spacial score (nSPS) is 21.2. The molecule has 24 heavy (non-hydrogen) atoms. The van der Waals surface area contributed by atoms with Crippen molar-refractivity contribution in [2.24, 2.45) is 0 Å². The molecule has 2 saturated heterocycles. The van der Waals surface area contributed by atoms with Gasteiger partial charge >= 0.3 is 0 Å². The molecule has 130 valence electrons. The number of hydrogen-bond donors (Lipinski definition) is 0. The summed E-state index contributed by atoms with van der Waals surface area (Å²) in [5.74, 6) is -0.299. The number of carbonyl (C=O) groups excluding carboxylic acids is 2. The lowest BCUT2D eigenvalue weighted by Gasteiger charge is -2.35. The summed E-state index contributed by atoms with van der Waals surface area (Å²) in [5.41, 5.74) is 0.770. The van der Waals surface area contributed by atoms with Crippen LogP contribution < -0.4 is 0 Å². The van der Waals surface area contributed by atoms with Crippen molar-refractivity contribution in [1.29, 1.82) is 0 Å². The third-order valence-electron chi connectivity index (χ3n) is 4.49. The Balaban J connectivity index is 1.51. The molecule has 2 amide bonds. The van der Waals surface area contributed by atoms with Gasteiger partial charge < -0.3 is 14.5 Å². The fourth-order valence-corrected chi connectivity index (χ4v) is 3.51. The summed E-state index contributed by atoms with van der Waals surface area (Å²) < 4.78 is 19.0. The van der Waals surface area contributed by atoms with E-state index in [0.717, 1.165) is 18.4 Å². The van der Waals surface area contributed by atoms with E-state index in [1.165, 1.54) is 6.07 Å². The van der Waals surface area contributed by atoms with E-state index in [1.807, 2.05) is 0 Å². The number of rotatable bonds is 3. The van der Waals surface area contributed by atoms with E-state index >= 15 is 0 Å². The van der Waals surface area contributed by atoms with E-state index in [1.54, 1.807) is 21.9 Å². The lowest BCUT2D eigenvalue weighted by Crippen LogP contribution is -2.53. The standard InChI is InChI=1S/C17H20BrFN2O3/c18-13-10-12(3-4-14(13)19)11-16(22)20-5-7-21(8-6-20)17(23)15-2-1-9-24-15/h3-4,10,15H,1-2,5-9,11H2/t15-/m1/s1. The first-order valence-corrected chi connectivity index (χ1v) is 8.96. The molecule has 7 heteroatoms. The molecule has 0 spiro atoms. The largest absolute Gasteiger partial charge is 0.368 e. The highest BCUT2D eigenvalue weighted by atomic mass is 79.9. The van der Waals surface area contributed by atoms with E-state index in [2.05, 4.69) is 15.9 Å². The second-order valence-corrected chi connectivity index (χ2v) is 6.99. The number of halogens is 2. The van der Waals surface area contributed by atoms with Crippen molar-refractivity contribution in [3.05, 3.63) is 34.1 Å². The molecule has 0 aromatic heterocycles. The van der Waals surface area contributed by atoms with Gasteiger partial charge in [-0.25, -0.2) is 4.39 Å². The van der Waals surface area contributed by atoms with Crippen LogP contribution in [0.25, 0.3) is 0 Å². The Morgan fingerprint density at radius 1 is 1.21 bits per heavy atom. The van der Waals surface area contributed by atoms with Gasteiger partial charge in [-0.15, -0.1) is 0 Å². The predicted molar refractivity (Wildman–Crippen MR) is 89.9 cm³/mol. The monoisotopic (exact) mass is 398 g/mol. The number of nitrogens with zero attached hydrogens (tertiary/aromatic N) is 2. The van der Waals surface area contributed by atoms with Crippen LogP contribution in [0.1, 0.15) is 18.4 Å². The van der Waals surface area contributed by atoms with E-state index in [9.17, 15) is 14.0 Å². The zero-order valence-corrected chi connectivity index (χ0v) is 14.9. The molecule has 5 nitrogen and oxygen atoms in total.